The number of anilines is 1. The summed E-state index contributed by atoms with van der Waals surface area (Å²) in [6.07, 6.45) is 1.91. The Morgan fingerprint density at radius 2 is 2.26 bits per heavy atom. The summed E-state index contributed by atoms with van der Waals surface area (Å²) in [6.45, 7) is 2.57. The van der Waals surface area contributed by atoms with Gasteiger partial charge in [0.15, 0.2) is 0 Å². The van der Waals surface area contributed by atoms with Crippen LogP contribution in [0.5, 0.6) is 0 Å². The number of halogens is 1. The second kappa shape index (κ2) is 7.38. The van der Waals surface area contributed by atoms with E-state index < -0.39 is 23.7 Å². The van der Waals surface area contributed by atoms with Crippen molar-refractivity contribution in [2.45, 2.75) is 31.8 Å². The van der Waals surface area contributed by atoms with Crippen LogP contribution in [0, 0.1) is 5.82 Å². The van der Waals surface area contributed by atoms with Gasteiger partial charge in [-0.05, 0) is 31.0 Å². The minimum atomic E-state index is -1.21. The minimum Gasteiger partial charge on any atom is -0.480 e. The highest BCUT2D eigenvalue weighted by molar-refractivity contribution is 5.95. The molecule has 1 aromatic rings. The zero-order chi connectivity index (χ0) is 17.0. The maximum absolute atomic E-state index is 13.8. The molecule has 0 saturated carbocycles. The molecular weight excluding hydrogens is 303 g/mol. The molecule has 1 fully saturated rings. The lowest BCUT2D eigenvalue weighted by Gasteiger charge is -2.20. The average Bonchev–Trinajstić information content (AvgIpc) is 3.00. The van der Waals surface area contributed by atoms with Crippen molar-refractivity contribution in [1.29, 1.82) is 0 Å². The van der Waals surface area contributed by atoms with Crippen LogP contribution in [0.15, 0.2) is 18.2 Å². The summed E-state index contributed by atoms with van der Waals surface area (Å²) in [5.41, 5.74) is 9.27. The summed E-state index contributed by atoms with van der Waals surface area (Å²) in [5, 5.41) is 12.9. The summed E-state index contributed by atoms with van der Waals surface area (Å²) in [6, 6.07) is 3.17. The lowest BCUT2D eigenvalue weighted by atomic mass is 10.1. The van der Waals surface area contributed by atoms with Gasteiger partial charge in [-0.25, -0.2) is 9.82 Å². The standard InChI is InChI=1S/C15H21FN4O3/c1-2-11-3-4-20(19-11)12-6-9(5-10(16)7-12)14(21)18-8-13(17)15(22)23/h5-7,11,13,19H,2-4,8,17H2,1H3,(H,18,21)(H,22,23)/t11?,13-/m1/s1. The van der Waals surface area contributed by atoms with Crippen molar-refractivity contribution in [1.82, 2.24) is 10.7 Å². The van der Waals surface area contributed by atoms with Crippen LogP contribution in [-0.4, -0.2) is 42.2 Å². The van der Waals surface area contributed by atoms with Crippen molar-refractivity contribution in [3.63, 3.8) is 0 Å². The van der Waals surface area contributed by atoms with Gasteiger partial charge in [-0.1, -0.05) is 6.92 Å². The lowest BCUT2D eigenvalue weighted by Crippen LogP contribution is -2.42. The SMILES string of the molecule is CCC1CCN(c2cc(F)cc(C(=O)NC[C@@H](N)C(=O)O)c2)N1. The molecule has 1 saturated heterocycles. The fourth-order valence-corrected chi connectivity index (χ4v) is 2.39. The van der Waals surface area contributed by atoms with E-state index in [1.54, 1.807) is 6.07 Å². The topological polar surface area (TPSA) is 108 Å². The largest absolute Gasteiger partial charge is 0.480 e. The number of aliphatic carboxylic acids is 1. The fourth-order valence-electron chi connectivity index (χ4n) is 2.39. The highest BCUT2D eigenvalue weighted by Gasteiger charge is 2.22. The van der Waals surface area contributed by atoms with Gasteiger partial charge in [-0.3, -0.25) is 9.59 Å². The molecule has 1 aromatic carbocycles. The van der Waals surface area contributed by atoms with Gasteiger partial charge >= 0.3 is 5.97 Å². The Labute approximate surface area is 133 Å². The third-order valence-corrected chi connectivity index (χ3v) is 3.79. The molecule has 2 atom stereocenters. The van der Waals surface area contributed by atoms with Crippen molar-refractivity contribution >= 4 is 17.6 Å². The zero-order valence-electron chi connectivity index (χ0n) is 12.9. The number of rotatable bonds is 6. The summed E-state index contributed by atoms with van der Waals surface area (Å²) in [4.78, 5) is 22.7. The number of carboxylic acid groups (broad SMARTS) is 1. The maximum atomic E-state index is 13.8. The molecule has 1 amide bonds. The molecule has 8 heteroatoms. The van der Waals surface area contributed by atoms with Gasteiger partial charge in [-0.2, -0.15) is 0 Å². The molecule has 0 radical (unpaired) electrons. The number of nitrogens with zero attached hydrogens (tertiary/aromatic N) is 1. The molecule has 1 unspecified atom stereocenters. The second-order valence-corrected chi connectivity index (χ2v) is 5.53. The van der Waals surface area contributed by atoms with Crippen molar-refractivity contribution in [3.05, 3.63) is 29.6 Å². The Balaban J connectivity index is 2.08. The Kier molecular flexibility index (Phi) is 5.51. The average molecular weight is 324 g/mol. The minimum absolute atomic E-state index is 0.124. The van der Waals surface area contributed by atoms with Crippen LogP contribution in [0.3, 0.4) is 0 Å². The number of nitrogens with one attached hydrogen (secondary N) is 2. The Hall–Kier alpha value is -2.19. The summed E-state index contributed by atoms with van der Waals surface area (Å²) < 4.78 is 13.8. The van der Waals surface area contributed by atoms with Crippen LogP contribution < -0.4 is 21.5 Å². The lowest BCUT2D eigenvalue weighted by molar-refractivity contribution is -0.138. The van der Waals surface area contributed by atoms with Gasteiger partial charge in [-0.15, -0.1) is 0 Å². The number of nitrogens with two attached hydrogens (primary N) is 1. The second-order valence-electron chi connectivity index (χ2n) is 5.53. The highest BCUT2D eigenvalue weighted by Crippen LogP contribution is 2.22. The van der Waals surface area contributed by atoms with Gasteiger partial charge < -0.3 is 21.2 Å². The van der Waals surface area contributed by atoms with Crippen LogP contribution in [0.1, 0.15) is 30.1 Å². The van der Waals surface area contributed by atoms with Gasteiger partial charge in [0.25, 0.3) is 5.91 Å². The highest BCUT2D eigenvalue weighted by atomic mass is 19.1. The summed E-state index contributed by atoms with van der Waals surface area (Å²) in [7, 11) is 0. The Morgan fingerprint density at radius 1 is 1.52 bits per heavy atom. The summed E-state index contributed by atoms with van der Waals surface area (Å²) in [5.74, 6) is -2.30. The first-order valence-corrected chi connectivity index (χ1v) is 7.51. The van der Waals surface area contributed by atoms with Crippen LogP contribution in [0.25, 0.3) is 0 Å². The van der Waals surface area contributed by atoms with Crippen LogP contribution >= 0.6 is 0 Å². The molecule has 7 nitrogen and oxygen atoms in total. The Bertz CT molecular complexity index is 596. The summed E-state index contributed by atoms with van der Waals surface area (Å²) >= 11 is 0. The molecule has 23 heavy (non-hydrogen) atoms. The number of amides is 1. The number of hydrogen-bond donors (Lipinski definition) is 4. The predicted molar refractivity (Wildman–Crippen MR) is 83.5 cm³/mol. The number of carbonyl (C=O) groups is 2. The monoisotopic (exact) mass is 324 g/mol. The molecule has 126 valence electrons. The van der Waals surface area contributed by atoms with Gasteiger partial charge in [0, 0.05) is 24.7 Å². The van der Waals surface area contributed by atoms with E-state index in [2.05, 4.69) is 17.7 Å². The van der Waals surface area contributed by atoms with Crippen molar-refractivity contribution in [3.8, 4) is 0 Å². The number of hydrazine groups is 1. The van der Waals surface area contributed by atoms with Crippen LogP contribution in [0.2, 0.25) is 0 Å². The van der Waals surface area contributed by atoms with Crippen LogP contribution in [-0.2, 0) is 4.79 Å². The molecule has 5 N–H and O–H groups in total. The number of hydrogen-bond acceptors (Lipinski definition) is 5. The van der Waals surface area contributed by atoms with E-state index >= 15 is 0 Å². The first-order chi connectivity index (χ1) is 10.9. The van der Waals surface area contributed by atoms with Gasteiger partial charge in [0.2, 0.25) is 0 Å². The molecule has 0 aliphatic carbocycles. The molecule has 2 rings (SSSR count). The molecule has 1 heterocycles. The maximum Gasteiger partial charge on any atom is 0.322 e. The van der Waals surface area contributed by atoms with Crippen molar-refractivity contribution in [2.24, 2.45) is 5.73 Å². The molecule has 0 aromatic heterocycles. The first kappa shape index (κ1) is 17.2. The fraction of sp³-hybridized carbons (Fsp3) is 0.467. The third-order valence-electron chi connectivity index (χ3n) is 3.79. The first-order valence-electron chi connectivity index (χ1n) is 7.51. The normalized spacial score (nSPS) is 18.7. The van der Waals surface area contributed by atoms with E-state index in [1.807, 2.05) is 5.01 Å². The molecule has 0 spiro atoms. The Morgan fingerprint density at radius 3 is 2.87 bits per heavy atom. The zero-order valence-corrected chi connectivity index (χ0v) is 12.9. The van der Waals surface area contributed by atoms with E-state index in [0.29, 0.717) is 11.7 Å². The quantitative estimate of drug-likeness (QED) is 0.605. The van der Waals surface area contributed by atoms with E-state index in [0.717, 1.165) is 25.5 Å². The van der Waals surface area contributed by atoms with E-state index in [-0.39, 0.29) is 12.1 Å². The van der Waals surface area contributed by atoms with E-state index in [1.165, 1.54) is 6.07 Å². The van der Waals surface area contributed by atoms with Crippen molar-refractivity contribution in [2.75, 3.05) is 18.1 Å². The van der Waals surface area contributed by atoms with Crippen molar-refractivity contribution < 1.29 is 19.1 Å². The smallest absolute Gasteiger partial charge is 0.322 e. The molecule has 0 bridgehead atoms. The molecule has 1 aliphatic rings. The van der Waals surface area contributed by atoms with Gasteiger partial charge in [0.1, 0.15) is 11.9 Å². The van der Waals surface area contributed by atoms with E-state index in [4.69, 9.17) is 10.8 Å². The molecular formula is C15H21FN4O3. The number of carbonyl (C=O) groups excluding carboxylic acids is 1. The number of carboxylic acids is 1. The van der Waals surface area contributed by atoms with Gasteiger partial charge in [0.05, 0.1) is 5.69 Å². The number of benzene rings is 1. The third kappa shape index (κ3) is 4.40. The van der Waals surface area contributed by atoms with E-state index in [9.17, 15) is 14.0 Å². The molecule has 1 aliphatic heterocycles. The predicted octanol–water partition coefficient (Wildman–Crippen LogP) is 0.461. The van der Waals surface area contributed by atoms with Crippen LogP contribution in [0.4, 0.5) is 10.1 Å².